The van der Waals surface area contributed by atoms with E-state index in [1.165, 1.54) is 0 Å². The largest absolute Gasteiger partial charge is 0.424 e. The maximum atomic E-state index is 11.8. The topological polar surface area (TPSA) is 35.5 Å². The summed E-state index contributed by atoms with van der Waals surface area (Å²) in [5.74, 6) is 0.694. The lowest BCUT2D eigenvalue weighted by Crippen LogP contribution is -1.92. The molecule has 3 nitrogen and oxygen atoms in total. The van der Waals surface area contributed by atoms with Crippen LogP contribution in [0.2, 0.25) is 0 Å². The van der Waals surface area contributed by atoms with E-state index in [1.54, 1.807) is 0 Å². The van der Waals surface area contributed by atoms with E-state index in [9.17, 15) is 4.57 Å². The summed E-state index contributed by atoms with van der Waals surface area (Å²) in [4.78, 5) is 0. The van der Waals surface area contributed by atoms with Gasteiger partial charge >= 0.3 is 7.60 Å². The molecule has 0 aliphatic carbocycles. The lowest BCUT2D eigenvalue weighted by Gasteiger charge is -2.09. The summed E-state index contributed by atoms with van der Waals surface area (Å²) in [5, 5.41) is 0. The Bertz CT molecular complexity index is 333. The molecule has 0 N–H and O–H groups in total. The van der Waals surface area contributed by atoms with Crippen LogP contribution < -0.4 is 4.52 Å². The number of para-hydroxylation sites is 1. The van der Waals surface area contributed by atoms with Gasteiger partial charge in [-0.25, -0.2) is 4.57 Å². The van der Waals surface area contributed by atoms with E-state index >= 15 is 0 Å². The quantitative estimate of drug-likeness (QED) is 0.685. The van der Waals surface area contributed by atoms with Crippen LogP contribution >= 0.6 is 7.60 Å². The van der Waals surface area contributed by atoms with Gasteiger partial charge in [-0.05, 0) is 13.0 Å². The minimum Gasteiger partial charge on any atom is -0.424 e. The van der Waals surface area contributed by atoms with Gasteiger partial charge in [-0.2, -0.15) is 0 Å². The second kappa shape index (κ2) is 3.17. The van der Waals surface area contributed by atoms with Crippen LogP contribution in [0.25, 0.3) is 0 Å². The molecule has 0 radical (unpaired) electrons. The van der Waals surface area contributed by atoms with Crippen molar-refractivity contribution >= 4 is 7.60 Å². The first-order valence-corrected chi connectivity index (χ1v) is 5.97. The van der Waals surface area contributed by atoms with E-state index in [0.717, 1.165) is 5.56 Å². The van der Waals surface area contributed by atoms with Crippen LogP contribution in [-0.4, -0.2) is 6.61 Å². The van der Waals surface area contributed by atoms with Crippen molar-refractivity contribution in [3.8, 4) is 5.75 Å². The van der Waals surface area contributed by atoms with Crippen molar-refractivity contribution in [2.24, 2.45) is 0 Å². The zero-order valence-corrected chi connectivity index (χ0v) is 8.29. The monoisotopic (exact) mass is 198 g/mol. The minimum atomic E-state index is -2.85. The van der Waals surface area contributed by atoms with Crippen molar-refractivity contribution in [2.75, 3.05) is 6.61 Å². The molecule has 0 saturated carbocycles. The number of benzene rings is 1. The lowest BCUT2D eigenvalue weighted by atomic mass is 10.2. The Morgan fingerprint density at radius 3 is 3.00 bits per heavy atom. The van der Waals surface area contributed by atoms with E-state index in [4.69, 9.17) is 9.05 Å². The van der Waals surface area contributed by atoms with Crippen molar-refractivity contribution in [2.45, 2.75) is 13.1 Å². The van der Waals surface area contributed by atoms with E-state index in [1.807, 2.05) is 31.2 Å². The van der Waals surface area contributed by atoms with E-state index in [2.05, 4.69) is 0 Å². The molecule has 0 spiro atoms. The van der Waals surface area contributed by atoms with Gasteiger partial charge in [-0.15, -0.1) is 0 Å². The van der Waals surface area contributed by atoms with Crippen LogP contribution in [0.1, 0.15) is 12.5 Å². The summed E-state index contributed by atoms with van der Waals surface area (Å²) in [7, 11) is -2.85. The maximum Gasteiger partial charge on any atom is 0.383 e. The Hall–Kier alpha value is -0.790. The van der Waals surface area contributed by atoms with Crippen molar-refractivity contribution in [3.05, 3.63) is 29.8 Å². The average Bonchev–Trinajstić information content (AvgIpc) is 2.40. The summed E-state index contributed by atoms with van der Waals surface area (Å²) in [6, 6.07) is 7.49. The third-order valence-corrected chi connectivity index (χ3v) is 3.75. The molecule has 13 heavy (non-hydrogen) atoms. The zero-order chi connectivity index (χ0) is 9.31. The molecule has 0 fully saturated rings. The molecule has 1 atom stereocenters. The van der Waals surface area contributed by atoms with Gasteiger partial charge in [0.25, 0.3) is 0 Å². The molecule has 1 aliphatic heterocycles. The summed E-state index contributed by atoms with van der Waals surface area (Å²) in [5.41, 5.74) is 0.972. The minimum absolute atomic E-state index is 0.400. The highest BCUT2D eigenvalue weighted by Gasteiger charge is 2.34. The molecular weight excluding hydrogens is 187 g/mol. The summed E-state index contributed by atoms with van der Waals surface area (Å²) in [6.45, 7) is 2.23. The van der Waals surface area contributed by atoms with Crippen molar-refractivity contribution in [1.82, 2.24) is 0 Å². The SMILES string of the molecule is CCOP1(=O)Cc2ccccc2O1. The van der Waals surface area contributed by atoms with Gasteiger partial charge in [0.15, 0.2) is 0 Å². The van der Waals surface area contributed by atoms with Crippen molar-refractivity contribution < 1.29 is 13.6 Å². The highest BCUT2D eigenvalue weighted by Crippen LogP contribution is 2.58. The standard InChI is InChI=1S/C9H11O3P/c1-2-11-13(10)7-8-5-3-4-6-9(8)12-13/h3-6H,2,7H2,1H3. The average molecular weight is 198 g/mol. The number of rotatable bonds is 2. The third-order valence-electron chi connectivity index (χ3n) is 1.90. The number of hydrogen-bond acceptors (Lipinski definition) is 3. The molecule has 1 aromatic rings. The predicted molar refractivity (Wildman–Crippen MR) is 50.0 cm³/mol. The summed E-state index contributed by atoms with van der Waals surface area (Å²) < 4.78 is 22.2. The second-order valence-electron chi connectivity index (χ2n) is 2.89. The van der Waals surface area contributed by atoms with Gasteiger partial charge in [-0.3, -0.25) is 4.52 Å². The van der Waals surface area contributed by atoms with Gasteiger partial charge in [0.05, 0.1) is 12.8 Å². The first-order chi connectivity index (χ1) is 6.23. The van der Waals surface area contributed by atoms with E-state index in [-0.39, 0.29) is 0 Å². The van der Waals surface area contributed by atoms with Crippen LogP contribution in [0.15, 0.2) is 24.3 Å². The molecular formula is C9H11O3P. The smallest absolute Gasteiger partial charge is 0.383 e. The summed E-state index contributed by atoms with van der Waals surface area (Å²) in [6.07, 6.45) is 0.400. The fraction of sp³-hybridized carbons (Fsp3) is 0.333. The van der Waals surface area contributed by atoms with Crippen LogP contribution in [0.3, 0.4) is 0 Å². The Kier molecular flexibility index (Phi) is 2.14. The molecule has 1 aromatic carbocycles. The number of fused-ring (bicyclic) bond motifs is 1. The lowest BCUT2D eigenvalue weighted by molar-refractivity contribution is 0.285. The molecule has 4 heteroatoms. The fourth-order valence-corrected chi connectivity index (χ4v) is 3.14. The van der Waals surface area contributed by atoms with E-state index in [0.29, 0.717) is 18.5 Å². The van der Waals surface area contributed by atoms with Crippen LogP contribution in [0, 0.1) is 0 Å². The number of hydrogen-bond donors (Lipinski definition) is 0. The highest BCUT2D eigenvalue weighted by molar-refractivity contribution is 7.53. The van der Waals surface area contributed by atoms with Gasteiger partial charge in [-0.1, -0.05) is 18.2 Å². The molecule has 1 aliphatic rings. The van der Waals surface area contributed by atoms with Gasteiger partial charge in [0, 0.05) is 5.56 Å². The molecule has 1 heterocycles. The Labute approximate surface area is 77.2 Å². The molecule has 70 valence electrons. The third kappa shape index (κ3) is 1.62. The Morgan fingerprint density at radius 2 is 2.31 bits per heavy atom. The van der Waals surface area contributed by atoms with Gasteiger partial charge < -0.3 is 4.52 Å². The van der Waals surface area contributed by atoms with Crippen molar-refractivity contribution in [1.29, 1.82) is 0 Å². The second-order valence-corrected chi connectivity index (χ2v) is 4.86. The molecule has 2 rings (SSSR count). The molecule has 0 bridgehead atoms. The first kappa shape index (κ1) is 8.79. The van der Waals surface area contributed by atoms with Crippen LogP contribution in [0.4, 0.5) is 0 Å². The van der Waals surface area contributed by atoms with Gasteiger partial charge in [0.1, 0.15) is 5.75 Å². The highest BCUT2D eigenvalue weighted by atomic mass is 31.2. The molecule has 0 aromatic heterocycles. The molecule has 0 amide bonds. The van der Waals surface area contributed by atoms with Crippen LogP contribution in [0.5, 0.6) is 5.75 Å². The fourth-order valence-electron chi connectivity index (χ4n) is 1.38. The summed E-state index contributed by atoms with van der Waals surface area (Å²) >= 11 is 0. The van der Waals surface area contributed by atoms with Crippen molar-refractivity contribution in [3.63, 3.8) is 0 Å². The Balaban J connectivity index is 2.27. The first-order valence-electron chi connectivity index (χ1n) is 4.24. The van der Waals surface area contributed by atoms with Gasteiger partial charge in [0.2, 0.25) is 0 Å². The Morgan fingerprint density at radius 1 is 1.54 bits per heavy atom. The molecule has 1 unspecified atom stereocenters. The zero-order valence-electron chi connectivity index (χ0n) is 7.40. The van der Waals surface area contributed by atoms with Crippen LogP contribution in [-0.2, 0) is 15.3 Å². The normalized spacial score (nSPS) is 25.3. The predicted octanol–water partition coefficient (Wildman–Crippen LogP) is 2.81. The van der Waals surface area contributed by atoms with E-state index < -0.39 is 7.60 Å². The molecule has 0 saturated heterocycles. The maximum absolute atomic E-state index is 11.8.